The standard InChI is InChI=1S/C6H13ClN2O2/c1-3(2)4(8)5(10)6(11)9-7/h3-5,10H,8H2,1-2H3,(H,9,11). The van der Waals surface area contributed by atoms with Gasteiger partial charge in [-0.25, -0.2) is 0 Å². The highest BCUT2D eigenvalue weighted by molar-refractivity contribution is 6.22. The number of aliphatic hydroxyl groups is 1. The van der Waals surface area contributed by atoms with Gasteiger partial charge in [-0.15, -0.1) is 0 Å². The van der Waals surface area contributed by atoms with Crippen LogP contribution in [0.1, 0.15) is 13.8 Å². The van der Waals surface area contributed by atoms with Crippen LogP contribution in [0.4, 0.5) is 0 Å². The van der Waals surface area contributed by atoms with E-state index in [1.54, 1.807) is 4.84 Å². The summed E-state index contributed by atoms with van der Waals surface area (Å²) in [5.41, 5.74) is 5.47. The molecule has 0 spiro atoms. The third-order valence-electron chi connectivity index (χ3n) is 1.50. The number of halogens is 1. The molecule has 0 aromatic rings. The maximum Gasteiger partial charge on any atom is 0.264 e. The van der Waals surface area contributed by atoms with Crippen LogP contribution >= 0.6 is 11.8 Å². The first-order valence-corrected chi connectivity index (χ1v) is 3.72. The van der Waals surface area contributed by atoms with Gasteiger partial charge >= 0.3 is 0 Å². The fourth-order valence-corrected chi connectivity index (χ4v) is 0.707. The van der Waals surface area contributed by atoms with E-state index in [4.69, 9.17) is 22.6 Å². The maximum absolute atomic E-state index is 10.7. The second-order valence-electron chi connectivity index (χ2n) is 2.72. The molecule has 0 bridgehead atoms. The predicted octanol–water partition coefficient (Wildman–Crippen LogP) is -0.399. The van der Waals surface area contributed by atoms with Gasteiger partial charge < -0.3 is 10.8 Å². The van der Waals surface area contributed by atoms with Gasteiger partial charge in [-0.1, -0.05) is 13.8 Å². The third kappa shape index (κ3) is 3.05. The second-order valence-corrected chi connectivity index (χ2v) is 2.91. The van der Waals surface area contributed by atoms with E-state index < -0.39 is 18.1 Å². The molecule has 2 unspecified atom stereocenters. The molecule has 0 aliphatic heterocycles. The quantitative estimate of drug-likeness (QED) is 0.518. The summed E-state index contributed by atoms with van der Waals surface area (Å²) in [6, 6.07) is -0.575. The average molecular weight is 181 g/mol. The number of aliphatic hydroxyl groups excluding tert-OH is 1. The number of amides is 1. The Morgan fingerprint density at radius 3 is 2.36 bits per heavy atom. The molecule has 0 rings (SSSR count). The summed E-state index contributed by atoms with van der Waals surface area (Å²) in [5, 5.41) is 9.14. The van der Waals surface area contributed by atoms with Gasteiger partial charge in [-0.3, -0.25) is 9.63 Å². The van der Waals surface area contributed by atoms with E-state index in [1.165, 1.54) is 0 Å². The second kappa shape index (κ2) is 4.54. The minimum atomic E-state index is -1.23. The summed E-state index contributed by atoms with van der Waals surface area (Å²) in [6.45, 7) is 3.63. The third-order valence-corrected chi connectivity index (χ3v) is 1.68. The highest BCUT2D eigenvalue weighted by Crippen LogP contribution is 2.03. The Kier molecular flexibility index (Phi) is 4.40. The van der Waals surface area contributed by atoms with Crippen molar-refractivity contribution in [3.63, 3.8) is 0 Å². The van der Waals surface area contributed by atoms with Crippen LogP contribution in [0.25, 0.3) is 0 Å². The molecule has 5 heteroatoms. The minimum Gasteiger partial charge on any atom is -0.382 e. The van der Waals surface area contributed by atoms with Crippen LogP contribution < -0.4 is 10.6 Å². The Balaban J connectivity index is 4.01. The van der Waals surface area contributed by atoms with Crippen LogP contribution in [-0.4, -0.2) is 23.2 Å². The summed E-state index contributed by atoms with van der Waals surface area (Å²) in [7, 11) is 0. The molecule has 2 atom stereocenters. The maximum atomic E-state index is 10.7. The molecule has 4 N–H and O–H groups in total. The van der Waals surface area contributed by atoms with Crippen molar-refractivity contribution in [3.05, 3.63) is 0 Å². The normalized spacial score (nSPS) is 16.2. The van der Waals surface area contributed by atoms with E-state index >= 15 is 0 Å². The van der Waals surface area contributed by atoms with Crippen molar-refractivity contribution in [2.45, 2.75) is 26.0 Å². The van der Waals surface area contributed by atoms with Gasteiger partial charge in [0.2, 0.25) is 0 Å². The fourth-order valence-electron chi connectivity index (χ4n) is 0.595. The van der Waals surface area contributed by atoms with Gasteiger partial charge in [-0.05, 0) is 5.92 Å². The van der Waals surface area contributed by atoms with Crippen LogP contribution in [0.3, 0.4) is 0 Å². The molecule has 0 saturated carbocycles. The molecule has 0 aliphatic carbocycles. The number of hydrogen-bond donors (Lipinski definition) is 3. The molecular weight excluding hydrogens is 168 g/mol. The van der Waals surface area contributed by atoms with Crippen molar-refractivity contribution in [3.8, 4) is 0 Å². The Bertz CT molecular complexity index is 141. The molecule has 0 aromatic carbocycles. The van der Waals surface area contributed by atoms with E-state index in [1.807, 2.05) is 13.8 Å². The lowest BCUT2D eigenvalue weighted by atomic mass is 9.99. The van der Waals surface area contributed by atoms with E-state index in [0.717, 1.165) is 0 Å². The Hall–Kier alpha value is -0.320. The first kappa shape index (κ1) is 10.7. The lowest BCUT2D eigenvalue weighted by Gasteiger charge is -2.19. The Morgan fingerprint density at radius 2 is 2.09 bits per heavy atom. The Morgan fingerprint density at radius 1 is 1.64 bits per heavy atom. The van der Waals surface area contributed by atoms with Crippen molar-refractivity contribution >= 4 is 17.7 Å². The molecular formula is C6H13ClN2O2. The van der Waals surface area contributed by atoms with Crippen molar-refractivity contribution in [2.75, 3.05) is 0 Å². The van der Waals surface area contributed by atoms with Gasteiger partial charge in [0.1, 0.15) is 6.10 Å². The van der Waals surface area contributed by atoms with Crippen LogP contribution in [0.15, 0.2) is 0 Å². The lowest BCUT2D eigenvalue weighted by molar-refractivity contribution is -0.129. The molecule has 0 fully saturated rings. The zero-order valence-electron chi connectivity index (χ0n) is 6.54. The minimum absolute atomic E-state index is 0.0407. The van der Waals surface area contributed by atoms with E-state index in [-0.39, 0.29) is 5.92 Å². The van der Waals surface area contributed by atoms with Crippen LogP contribution in [0, 0.1) is 5.92 Å². The average Bonchev–Trinajstić information content (AvgIpc) is 2.00. The summed E-state index contributed by atoms with van der Waals surface area (Å²) in [5.74, 6) is -0.619. The van der Waals surface area contributed by atoms with Crippen molar-refractivity contribution in [2.24, 2.45) is 11.7 Å². The number of nitrogens with one attached hydrogen (secondary N) is 1. The first-order chi connectivity index (χ1) is 5.00. The van der Waals surface area contributed by atoms with Crippen molar-refractivity contribution in [1.82, 2.24) is 4.84 Å². The summed E-state index contributed by atoms with van der Waals surface area (Å²) >= 11 is 4.98. The smallest absolute Gasteiger partial charge is 0.264 e. The molecule has 0 radical (unpaired) electrons. The first-order valence-electron chi connectivity index (χ1n) is 3.34. The topological polar surface area (TPSA) is 75.3 Å². The fraction of sp³-hybridized carbons (Fsp3) is 0.833. The molecule has 0 aromatic heterocycles. The largest absolute Gasteiger partial charge is 0.382 e. The molecule has 66 valence electrons. The molecule has 4 nitrogen and oxygen atoms in total. The number of rotatable bonds is 3. The van der Waals surface area contributed by atoms with Gasteiger partial charge in [0, 0.05) is 17.8 Å². The van der Waals surface area contributed by atoms with Gasteiger partial charge in [0.15, 0.2) is 0 Å². The SMILES string of the molecule is CC(C)C(N)C(O)C(=O)NCl. The monoisotopic (exact) mass is 180 g/mol. The lowest BCUT2D eigenvalue weighted by Crippen LogP contribution is -2.46. The highest BCUT2D eigenvalue weighted by atomic mass is 35.5. The highest BCUT2D eigenvalue weighted by Gasteiger charge is 2.24. The van der Waals surface area contributed by atoms with E-state index in [2.05, 4.69) is 0 Å². The van der Waals surface area contributed by atoms with Gasteiger partial charge in [0.05, 0.1) is 0 Å². The molecule has 0 heterocycles. The predicted molar refractivity (Wildman–Crippen MR) is 42.8 cm³/mol. The van der Waals surface area contributed by atoms with Crippen molar-refractivity contribution in [1.29, 1.82) is 0 Å². The van der Waals surface area contributed by atoms with Crippen LogP contribution in [0.2, 0.25) is 0 Å². The number of hydrogen-bond acceptors (Lipinski definition) is 3. The van der Waals surface area contributed by atoms with E-state index in [0.29, 0.717) is 0 Å². The summed E-state index contributed by atoms with van der Waals surface area (Å²) in [6.07, 6.45) is -1.23. The molecule has 1 amide bonds. The van der Waals surface area contributed by atoms with Gasteiger partial charge in [0.25, 0.3) is 5.91 Å². The number of carbonyl (C=O) groups excluding carboxylic acids is 1. The molecule has 11 heavy (non-hydrogen) atoms. The zero-order valence-corrected chi connectivity index (χ0v) is 7.30. The molecule has 0 saturated heterocycles. The number of nitrogens with two attached hydrogens (primary N) is 1. The van der Waals surface area contributed by atoms with Crippen molar-refractivity contribution < 1.29 is 9.90 Å². The number of carbonyl (C=O) groups is 1. The summed E-state index contributed by atoms with van der Waals surface area (Å²) < 4.78 is 0. The van der Waals surface area contributed by atoms with Gasteiger partial charge in [-0.2, -0.15) is 0 Å². The summed E-state index contributed by atoms with van der Waals surface area (Å²) in [4.78, 5) is 12.5. The van der Waals surface area contributed by atoms with E-state index in [9.17, 15) is 4.79 Å². The van der Waals surface area contributed by atoms with Crippen LogP contribution in [-0.2, 0) is 4.79 Å². The molecule has 0 aliphatic rings. The van der Waals surface area contributed by atoms with Crippen LogP contribution in [0.5, 0.6) is 0 Å². The zero-order chi connectivity index (χ0) is 9.02. The Labute approximate surface area is 70.8 Å².